The lowest BCUT2D eigenvalue weighted by Crippen LogP contribution is -2.50. The average Bonchev–Trinajstić information content (AvgIpc) is 3.09. The van der Waals surface area contributed by atoms with Crippen molar-refractivity contribution in [1.29, 1.82) is 0 Å². The quantitative estimate of drug-likeness (QED) is 0.925. The van der Waals surface area contributed by atoms with E-state index in [-0.39, 0.29) is 12.0 Å². The van der Waals surface area contributed by atoms with Crippen molar-refractivity contribution < 1.29 is 14.3 Å². The van der Waals surface area contributed by atoms with Gasteiger partial charge >= 0.3 is 0 Å². The number of hydrogen-bond acceptors (Lipinski definition) is 5. The van der Waals surface area contributed by atoms with E-state index in [1.165, 1.54) is 6.39 Å². The lowest BCUT2D eigenvalue weighted by atomic mass is 10.1. The van der Waals surface area contributed by atoms with Crippen LogP contribution in [-0.2, 0) is 0 Å². The summed E-state index contributed by atoms with van der Waals surface area (Å²) in [5, 5.41) is 9.43. The van der Waals surface area contributed by atoms with E-state index in [1.54, 1.807) is 13.1 Å². The second-order valence-electron chi connectivity index (χ2n) is 5.88. The smallest absolute Gasteiger partial charge is 0.253 e. The number of aromatic nitrogens is 1. The van der Waals surface area contributed by atoms with Gasteiger partial charge < -0.3 is 14.4 Å². The standard InChI is InChI=1S/C17H21N3O3/c1-13(21)11-19-6-8-20(9-7-19)17(22)15-4-2-14(3-5-15)16-10-18-12-23-16/h2-5,10,12-13,21H,6-9,11H2,1H3/t13-/m1/s1. The van der Waals surface area contributed by atoms with Gasteiger partial charge in [0, 0.05) is 43.9 Å². The van der Waals surface area contributed by atoms with Crippen LogP contribution in [0.1, 0.15) is 17.3 Å². The van der Waals surface area contributed by atoms with Crippen molar-refractivity contribution in [3.05, 3.63) is 42.4 Å². The molecule has 1 aromatic carbocycles. The van der Waals surface area contributed by atoms with Crippen LogP contribution in [0.2, 0.25) is 0 Å². The molecule has 0 bridgehead atoms. The van der Waals surface area contributed by atoms with Crippen LogP contribution in [0.5, 0.6) is 0 Å². The van der Waals surface area contributed by atoms with Crippen LogP contribution in [0, 0.1) is 0 Å². The molecule has 122 valence electrons. The highest BCUT2D eigenvalue weighted by molar-refractivity contribution is 5.94. The number of β-amino-alcohol motifs (C(OH)–C–C–N with tert-alkyl or cyclic N) is 1. The highest BCUT2D eigenvalue weighted by Crippen LogP contribution is 2.19. The summed E-state index contributed by atoms with van der Waals surface area (Å²) in [6, 6.07) is 7.39. The summed E-state index contributed by atoms with van der Waals surface area (Å²) in [7, 11) is 0. The molecule has 1 aromatic heterocycles. The number of carbonyl (C=O) groups is 1. The van der Waals surface area contributed by atoms with Crippen LogP contribution in [0.3, 0.4) is 0 Å². The third-order valence-corrected chi connectivity index (χ3v) is 4.03. The van der Waals surface area contributed by atoms with E-state index in [0.717, 1.165) is 18.7 Å². The molecule has 0 aliphatic carbocycles. The van der Waals surface area contributed by atoms with E-state index < -0.39 is 0 Å². The second kappa shape index (κ2) is 6.93. The maximum atomic E-state index is 12.5. The molecule has 1 aliphatic heterocycles. The van der Waals surface area contributed by atoms with Crippen LogP contribution in [0.15, 0.2) is 41.3 Å². The number of benzene rings is 1. The van der Waals surface area contributed by atoms with Gasteiger partial charge in [-0.2, -0.15) is 0 Å². The van der Waals surface area contributed by atoms with Crippen molar-refractivity contribution in [3.63, 3.8) is 0 Å². The first-order valence-corrected chi connectivity index (χ1v) is 7.82. The number of amides is 1. The average molecular weight is 315 g/mol. The maximum Gasteiger partial charge on any atom is 0.253 e. The molecule has 0 saturated carbocycles. The van der Waals surface area contributed by atoms with E-state index in [4.69, 9.17) is 4.42 Å². The molecular formula is C17H21N3O3. The summed E-state index contributed by atoms with van der Waals surface area (Å²) in [5.41, 5.74) is 1.58. The number of carbonyl (C=O) groups excluding carboxylic acids is 1. The molecule has 3 rings (SSSR count). The maximum absolute atomic E-state index is 12.5. The van der Waals surface area contributed by atoms with E-state index in [9.17, 15) is 9.90 Å². The molecule has 1 saturated heterocycles. The Balaban J connectivity index is 1.60. The Morgan fingerprint density at radius 2 is 1.96 bits per heavy atom. The molecule has 0 radical (unpaired) electrons. The third kappa shape index (κ3) is 3.78. The zero-order valence-corrected chi connectivity index (χ0v) is 13.2. The first-order valence-electron chi connectivity index (χ1n) is 7.82. The van der Waals surface area contributed by atoms with Gasteiger partial charge in [-0.1, -0.05) is 12.1 Å². The minimum atomic E-state index is -0.333. The predicted octanol–water partition coefficient (Wildman–Crippen LogP) is 1.48. The molecule has 1 N–H and O–H groups in total. The van der Waals surface area contributed by atoms with E-state index in [0.29, 0.717) is 31.0 Å². The fourth-order valence-corrected chi connectivity index (χ4v) is 2.83. The molecule has 0 unspecified atom stereocenters. The van der Waals surface area contributed by atoms with Crippen LogP contribution in [0.25, 0.3) is 11.3 Å². The SMILES string of the molecule is C[C@@H](O)CN1CCN(C(=O)c2ccc(-c3cnco3)cc2)CC1. The normalized spacial score (nSPS) is 17.2. The van der Waals surface area contributed by atoms with Crippen molar-refractivity contribution in [2.75, 3.05) is 32.7 Å². The van der Waals surface area contributed by atoms with Crippen molar-refractivity contribution in [3.8, 4) is 11.3 Å². The fraction of sp³-hybridized carbons (Fsp3) is 0.412. The Kier molecular flexibility index (Phi) is 4.73. The highest BCUT2D eigenvalue weighted by atomic mass is 16.3. The lowest BCUT2D eigenvalue weighted by Gasteiger charge is -2.35. The summed E-state index contributed by atoms with van der Waals surface area (Å²) in [6.07, 6.45) is 2.71. The molecule has 0 spiro atoms. The number of oxazole rings is 1. The fourth-order valence-electron chi connectivity index (χ4n) is 2.83. The molecule has 6 heteroatoms. The van der Waals surface area contributed by atoms with Gasteiger partial charge in [-0.05, 0) is 19.1 Å². The van der Waals surface area contributed by atoms with Gasteiger partial charge in [-0.15, -0.1) is 0 Å². The zero-order valence-electron chi connectivity index (χ0n) is 13.2. The summed E-state index contributed by atoms with van der Waals surface area (Å²) in [4.78, 5) is 20.5. The molecule has 2 heterocycles. The number of aliphatic hydroxyl groups is 1. The van der Waals surface area contributed by atoms with Gasteiger partial charge in [0.25, 0.3) is 5.91 Å². The number of nitrogens with zero attached hydrogens (tertiary/aromatic N) is 3. The Morgan fingerprint density at radius 1 is 1.26 bits per heavy atom. The molecule has 1 aliphatic rings. The largest absolute Gasteiger partial charge is 0.444 e. The van der Waals surface area contributed by atoms with Gasteiger partial charge in [0.05, 0.1) is 12.3 Å². The van der Waals surface area contributed by atoms with Gasteiger partial charge in [-0.3, -0.25) is 9.69 Å². The summed E-state index contributed by atoms with van der Waals surface area (Å²) < 4.78 is 5.25. The first-order chi connectivity index (χ1) is 11.1. The summed E-state index contributed by atoms with van der Waals surface area (Å²) in [5.74, 6) is 0.738. The molecule has 23 heavy (non-hydrogen) atoms. The number of hydrogen-bond donors (Lipinski definition) is 1. The number of aliphatic hydroxyl groups excluding tert-OH is 1. The topological polar surface area (TPSA) is 69.8 Å². The molecule has 2 aromatic rings. The van der Waals surface area contributed by atoms with Gasteiger partial charge in [0.2, 0.25) is 0 Å². The molecular weight excluding hydrogens is 294 g/mol. The van der Waals surface area contributed by atoms with Gasteiger partial charge in [0.15, 0.2) is 12.2 Å². The predicted molar refractivity (Wildman–Crippen MR) is 86.0 cm³/mol. The third-order valence-electron chi connectivity index (χ3n) is 4.03. The summed E-state index contributed by atoms with van der Waals surface area (Å²) >= 11 is 0. The minimum Gasteiger partial charge on any atom is -0.444 e. The summed E-state index contributed by atoms with van der Waals surface area (Å²) in [6.45, 7) is 5.42. The lowest BCUT2D eigenvalue weighted by molar-refractivity contribution is 0.0554. The molecule has 1 amide bonds. The van der Waals surface area contributed by atoms with Crippen LogP contribution >= 0.6 is 0 Å². The van der Waals surface area contributed by atoms with Gasteiger partial charge in [0.1, 0.15) is 0 Å². The highest BCUT2D eigenvalue weighted by Gasteiger charge is 2.22. The first kappa shape index (κ1) is 15.7. The van der Waals surface area contributed by atoms with Crippen LogP contribution in [-0.4, -0.2) is 64.6 Å². The minimum absolute atomic E-state index is 0.0471. The monoisotopic (exact) mass is 315 g/mol. The zero-order chi connectivity index (χ0) is 16.2. The Labute approximate surface area is 135 Å². The Hall–Kier alpha value is -2.18. The van der Waals surface area contributed by atoms with Crippen LogP contribution < -0.4 is 0 Å². The van der Waals surface area contributed by atoms with Crippen molar-refractivity contribution in [2.45, 2.75) is 13.0 Å². The van der Waals surface area contributed by atoms with Crippen molar-refractivity contribution in [2.24, 2.45) is 0 Å². The van der Waals surface area contributed by atoms with E-state index in [2.05, 4.69) is 9.88 Å². The molecule has 1 fully saturated rings. The Morgan fingerprint density at radius 3 is 2.52 bits per heavy atom. The number of rotatable bonds is 4. The second-order valence-corrected chi connectivity index (χ2v) is 5.88. The van der Waals surface area contributed by atoms with Gasteiger partial charge in [-0.25, -0.2) is 4.98 Å². The van der Waals surface area contributed by atoms with Crippen molar-refractivity contribution >= 4 is 5.91 Å². The molecule has 1 atom stereocenters. The molecule has 6 nitrogen and oxygen atoms in total. The van der Waals surface area contributed by atoms with E-state index in [1.807, 2.05) is 29.2 Å². The van der Waals surface area contributed by atoms with E-state index >= 15 is 0 Å². The van der Waals surface area contributed by atoms with Crippen molar-refractivity contribution in [1.82, 2.24) is 14.8 Å². The number of piperazine rings is 1. The Bertz CT molecular complexity index is 630. The van der Waals surface area contributed by atoms with Crippen LogP contribution in [0.4, 0.5) is 0 Å².